The molecule has 2 atom stereocenters. The third kappa shape index (κ3) is 5.10. The molecule has 4 aromatic heterocycles. The second-order valence-electron chi connectivity index (χ2n) is 12.8. The number of hydrogen-bond acceptors (Lipinski definition) is 9. The van der Waals surface area contributed by atoms with Gasteiger partial charge in [-0.1, -0.05) is 12.1 Å². The Morgan fingerprint density at radius 1 is 0.980 bits per heavy atom. The lowest BCUT2D eigenvalue weighted by atomic mass is 9.93. The van der Waals surface area contributed by atoms with Gasteiger partial charge in [-0.3, -0.25) is 9.78 Å². The highest BCUT2D eigenvalue weighted by atomic mass is 32.1. The molecule has 13 heteroatoms. The van der Waals surface area contributed by atoms with E-state index in [9.17, 15) is 18.0 Å². The third-order valence-corrected chi connectivity index (χ3v) is 10.9. The van der Waals surface area contributed by atoms with Gasteiger partial charge in [-0.05, 0) is 67.0 Å². The van der Waals surface area contributed by atoms with Crippen molar-refractivity contribution in [2.24, 2.45) is 0 Å². The highest BCUT2D eigenvalue weighted by Crippen LogP contribution is 2.50. The number of anilines is 1. The molecule has 0 spiro atoms. The number of nitrogens with zero attached hydrogens (tertiary/aromatic N) is 5. The lowest BCUT2D eigenvalue weighted by Gasteiger charge is -2.27. The number of fused-ring (bicyclic) bond motifs is 5. The zero-order valence-electron chi connectivity index (χ0n) is 26.8. The monoisotopic (exact) mass is 694 g/mol. The Bertz CT molecular complexity index is 2320. The molecule has 3 aliphatic rings. The molecule has 50 heavy (non-hydrogen) atoms. The number of carbonyl (C=O) groups is 1. The van der Waals surface area contributed by atoms with Crippen LogP contribution < -0.4 is 10.1 Å². The number of aromatic nitrogens is 4. The molecule has 0 unspecified atom stereocenters. The molecule has 252 valence electrons. The van der Waals surface area contributed by atoms with Gasteiger partial charge in [0.2, 0.25) is 11.8 Å². The summed E-state index contributed by atoms with van der Waals surface area (Å²) in [6, 6.07) is 11.9. The molecular weight excluding hydrogens is 666 g/mol. The van der Waals surface area contributed by atoms with Crippen LogP contribution in [0.1, 0.15) is 70.1 Å². The lowest BCUT2D eigenvalue weighted by molar-refractivity contribution is 0.0776. The van der Waals surface area contributed by atoms with Gasteiger partial charge in [0.15, 0.2) is 11.6 Å². The minimum absolute atomic E-state index is 0.0354. The van der Waals surface area contributed by atoms with Crippen molar-refractivity contribution < 1.29 is 27.1 Å². The molecular formula is C37H29F3N6O3S. The highest BCUT2D eigenvalue weighted by Gasteiger charge is 2.45. The summed E-state index contributed by atoms with van der Waals surface area (Å²) in [6.45, 7) is 2.62. The number of ether oxygens (including phenoxy) is 1. The summed E-state index contributed by atoms with van der Waals surface area (Å²) in [7, 11) is 0. The average Bonchev–Trinajstić information content (AvgIpc) is 3.91. The number of aryl methyl sites for hydroxylation is 3. The molecule has 3 aliphatic heterocycles. The van der Waals surface area contributed by atoms with Gasteiger partial charge in [-0.15, -0.1) is 21.5 Å². The van der Waals surface area contributed by atoms with Crippen molar-refractivity contribution in [3.8, 4) is 27.6 Å². The first-order valence-corrected chi connectivity index (χ1v) is 17.3. The van der Waals surface area contributed by atoms with Crippen LogP contribution in [-0.2, 0) is 12.8 Å². The summed E-state index contributed by atoms with van der Waals surface area (Å²) in [4.78, 5) is 26.7. The molecule has 7 heterocycles. The SMILES string of the molecule is Cc1nnc(-c2c(CCc3ccc(F)cc3)nc3c(c2-c2cc4ccnc(N[C@H]5CCOc6c(F)cc(F)cc65)c4s2)C(=O)N2CCC[C@H]32)o1. The zero-order chi connectivity index (χ0) is 34.1. The van der Waals surface area contributed by atoms with Crippen LogP contribution in [0.25, 0.3) is 32.0 Å². The minimum atomic E-state index is -0.744. The number of halogens is 3. The first-order valence-electron chi connectivity index (χ1n) is 16.5. The van der Waals surface area contributed by atoms with Crippen molar-refractivity contribution in [2.45, 2.75) is 51.1 Å². The summed E-state index contributed by atoms with van der Waals surface area (Å²) >= 11 is 1.46. The van der Waals surface area contributed by atoms with Crippen LogP contribution in [0.15, 0.2) is 59.1 Å². The van der Waals surface area contributed by atoms with Gasteiger partial charge in [0, 0.05) is 48.2 Å². The van der Waals surface area contributed by atoms with Crippen LogP contribution in [0.5, 0.6) is 5.75 Å². The van der Waals surface area contributed by atoms with Crippen molar-refractivity contribution in [1.82, 2.24) is 25.1 Å². The summed E-state index contributed by atoms with van der Waals surface area (Å²) in [5.74, 6) is -0.589. The Labute approximate surface area is 288 Å². The van der Waals surface area contributed by atoms with Gasteiger partial charge >= 0.3 is 0 Å². The van der Waals surface area contributed by atoms with Crippen molar-refractivity contribution in [3.63, 3.8) is 0 Å². The van der Waals surface area contributed by atoms with Crippen LogP contribution in [-0.4, -0.2) is 44.1 Å². The van der Waals surface area contributed by atoms with Crippen LogP contribution in [0.4, 0.5) is 19.0 Å². The summed E-state index contributed by atoms with van der Waals surface area (Å²) < 4.78 is 55.1. The largest absolute Gasteiger partial charge is 0.490 e. The van der Waals surface area contributed by atoms with E-state index < -0.39 is 17.7 Å². The fraction of sp³-hybridized carbons (Fsp3) is 0.270. The summed E-state index contributed by atoms with van der Waals surface area (Å²) in [5, 5.41) is 12.8. The van der Waals surface area contributed by atoms with Gasteiger partial charge in [0.05, 0.1) is 45.9 Å². The van der Waals surface area contributed by atoms with E-state index in [1.165, 1.54) is 29.5 Å². The van der Waals surface area contributed by atoms with Crippen molar-refractivity contribution in [2.75, 3.05) is 18.5 Å². The van der Waals surface area contributed by atoms with E-state index >= 15 is 0 Å². The predicted molar refractivity (Wildman–Crippen MR) is 181 cm³/mol. The summed E-state index contributed by atoms with van der Waals surface area (Å²) in [6.07, 6.45) is 4.94. The quantitative estimate of drug-likeness (QED) is 0.179. The number of nitrogens with one attached hydrogen (secondary N) is 1. The maximum Gasteiger partial charge on any atom is 0.257 e. The first-order chi connectivity index (χ1) is 24.3. The molecule has 2 aromatic carbocycles. The first kappa shape index (κ1) is 30.7. The van der Waals surface area contributed by atoms with E-state index in [1.807, 2.05) is 17.0 Å². The molecule has 1 amide bonds. The molecule has 0 aliphatic carbocycles. The Hall–Kier alpha value is -5.30. The molecule has 0 radical (unpaired) electrons. The number of hydrogen-bond donors (Lipinski definition) is 1. The standard InChI is InChI=1S/C37H29F3N6O3S/c1-18-44-45-36(49-18)29-26(9-6-19-4-7-21(38)8-5-19)42-32-27-3-2-13-46(27)37(47)31(32)30(29)28-15-20-10-12-41-35(34(20)50-28)43-25-11-14-48-33-23(25)16-22(39)17-24(33)40/h4-5,7-8,10,12,15-17,25,27H,2-3,6,9,11,13-14H2,1H3,(H,41,43)/t25-,27+/m0/s1. The molecule has 1 fully saturated rings. The van der Waals surface area contributed by atoms with Gasteiger partial charge in [-0.25, -0.2) is 18.2 Å². The highest BCUT2D eigenvalue weighted by molar-refractivity contribution is 7.23. The fourth-order valence-corrected chi connectivity index (χ4v) is 8.62. The van der Waals surface area contributed by atoms with E-state index in [0.717, 1.165) is 45.1 Å². The minimum Gasteiger partial charge on any atom is -0.490 e. The average molecular weight is 695 g/mol. The van der Waals surface area contributed by atoms with Gasteiger partial charge in [0.25, 0.3) is 5.91 Å². The van der Waals surface area contributed by atoms with E-state index in [4.69, 9.17) is 14.1 Å². The molecule has 0 bridgehead atoms. The van der Waals surface area contributed by atoms with E-state index in [0.29, 0.717) is 65.5 Å². The lowest BCUT2D eigenvalue weighted by Crippen LogP contribution is -2.22. The number of thiophene rings is 1. The molecule has 9 rings (SSSR count). The second-order valence-corrected chi connectivity index (χ2v) is 13.9. The predicted octanol–water partition coefficient (Wildman–Crippen LogP) is 8.15. The van der Waals surface area contributed by atoms with Crippen LogP contribution in [0.2, 0.25) is 0 Å². The second kappa shape index (κ2) is 11.9. The molecule has 1 saturated heterocycles. The van der Waals surface area contributed by atoms with Crippen molar-refractivity contribution >= 4 is 33.1 Å². The molecule has 0 saturated carbocycles. The number of rotatable bonds is 7. The number of amides is 1. The Morgan fingerprint density at radius 2 is 1.84 bits per heavy atom. The Morgan fingerprint density at radius 3 is 2.66 bits per heavy atom. The molecule has 9 nitrogen and oxygen atoms in total. The van der Waals surface area contributed by atoms with Gasteiger partial charge in [-0.2, -0.15) is 0 Å². The van der Waals surface area contributed by atoms with Crippen LogP contribution in [0.3, 0.4) is 0 Å². The number of benzene rings is 2. The van der Waals surface area contributed by atoms with Gasteiger partial charge < -0.3 is 19.4 Å². The maximum atomic E-state index is 14.6. The summed E-state index contributed by atoms with van der Waals surface area (Å²) in [5.41, 5.74) is 4.60. The van der Waals surface area contributed by atoms with Crippen LogP contribution in [0, 0.1) is 24.4 Å². The number of pyridine rings is 2. The topological polar surface area (TPSA) is 106 Å². The van der Waals surface area contributed by atoms with E-state index in [2.05, 4.69) is 20.5 Å². The van der Waals surface area contributed by atoms with Crippen molar-refractivity contribution in [1.29, 1.82) is 0 Å². The Kier molecular flexibility index (Phi) is 7.34. The smallest absolute Gasteiger partial charge is 0.257 e. The normalized spacial score (nSPS) is 17.9. The van der Waals surface area contributed by atoms with Gasteiger partial charge in [0.1, 0.15) is 17.5 Å². The van der Waals surface area contributed by atoms with E-state index in [-0.39, 0.29) is 36.0 Å². The Balaban J connectivity index is 1.21. The molecule has 6 aromatic rings. The molecule has 1 N–H and O–H groups in total. The third-order valence-electron chi connectivity index (χ3n) is 9.70. The van der Waals surface area contributed by atoms with Crippen LogP contribution >= 0.6 is 11.3 Å². The van der Waals surface area contributed by atoms with Crippen molar-refractivity contribution in [3.05, 3.63) is 106 Å². The maximum absolute atomic E-state index is 14.6. The fourth-order valence-electron chi connectivity index (χ4n) is 7.45. The number of carbonyl (C=O) groups excluding carboxylic acids is 1. The zero-order valence-corrected chi connectivity index (χ0v) is 27.6. The van der Waals surface area contributed by atoms with E-state index in [1.54, 1.807) is 25.3 Å².